The first-order valence-corrected chi connectivity index (χ1v) is 9.53. The third kappa shape index (κ3) is 2.86. The quantitative estimate of drug-likeness (QED) is 0.622. The number of hydrogen-bond acceptors (Lipinski definition) is 8. The second-order valence-corrected chi connectivity index (χ2v) is 7.35. The van der Waals surface area contributed by atoms with Gasteiger partial charge in [-0.1, -0.05) is 40.7 Å². The van der Waals surface area contributed by atoms with Crippen molar-refractivity contribution in [3.63, 3.8) is 0 Å². The van der Waals surface area contributed by atoms with E-state index in [1.807, 2.05) is 38.1 Å². The second-order valence-electron chi connectivity index (χ2n) is 7.35. The molecular formula is C21H18N6O3. The molecule has 0 saturated carbocycles. The summed E-state index contributed by atoms with van der Waals surface area (Å²) in [6, 6.07) is 13.1. The molecule has 150 valence electrons. The number of rotatable bonds is 4. The van der Waals surface area contributed by atoms with Gasteiger partial charge < -0.3 is 4.52 Å². The highest BCUT2D eigenvalue weighted by Crippen LogP contribution is 2.32. The number of aromatic nitrogens is 2. The van der Waals surface area contributed by atoms with Gasteiger partial charge in [-0.05, 0) is 43.2 Å². The van der Waals surface area contributed by atoms with Crippen LogP contribution in [-0.4, -0.2) is 39.0 Å². The van der Waals surface area contributed by atoms with E-state index in [-0.39, 0.29) is 18.4 Å². The van der Waals surface area contributed by atoms with Gasteiger partial charge in [-0.15, -0.1) is 0 Å². The maximum absolute atomic E-state index is 13.0. The van der Waals surface area contributed by atoms with Crippen molar-refractivity contribution in [2.75, 3.05) is 4.90 Å². The van der Waals surface area contributed by atoms with Gasteiger partial charge in [-0.2, -0.15) is 10.1 Å². The molecule has 1 saturated heterocycles. The van der Waals surface area contributed by atoms with E-state index in [0.717, 1.165) is 16.0 Å². The lowest BCUT2D eigenvalue weighted by Gasteiger charge is -2.19. The lowest BCUT2D eigenvalue weighted by Crippen LogP contribution is -2.39. The molecule has 0 N–H and O–H groups in total. The summed E-state index contributed by atoms with van der Waals surface area (Å²) in [4.78, 5) is 31.3. The fraction of sp³-hybridized carbons (Fsp3) is 0.238. The minimum absolute atomic E-state index is 0.0875. The molecule has 9 nitrogen and oxygen atoms in total. The molecule has 0 bridgehead atoms. The van der Waals surface area contributed by atoms with E-state index < -0.39 is 12.1 Å². The SMILES string of the molecule is Cc1ccc(-c2noc(CN3N=NC4C(=O)N(c5ccccc5)C(=O)C43)n2)cc1C. The molecule has 2 atom stereocenters. The molecule has 0 radical (unpaired) electrons. The Labute approximate surface area is 172 Å². The number of amides is 2. The van der Waals surface area contributed by atoms with Crippen LogP contribution in [-0.2, 0) is 16.1 Å². The van der Waals surface area contributed by atoms with Gasteiger partial charge in [-0.3, -0.25) is 14.6 Å². The van der Waals surface area contributed by atoms with Crippen LogP contribution in [0.2, 0.25) is 0 Å². The van der Waals surface area contributed by atoms with E-state index in [4.69, 9.17) is 4.52 Å². The average molecular weight is 402 g/mol. The summed E-state index contributed by atoms with van der Waals surface area (Å²) in [5, 5.41) is 13.5. The molecule has 5 rings (SSSR count). The molecule has 1 fully saturated rings. The summed E-state index contributed by atoms with van der Waals surface area (Å²) in [7, 11) is 0. The van der Waals surface area contributed by atoms with Crippen molar-refractivity contribution < 1.29 is 14.1 Å². The predicted molar refractivity (Wildman–Crippen MR) is 106 cm³/mol. The number of para-hydroxylation sites is 1. The van der Waals surface area contributed by atoms with Gasteiger partial charge >= 0.3 is 0 Å². The molecule has 2 aliphatic heterocycles. The Kier molecular flexibility index (Phi) is 4.16. The van der Waals surface area contributed by atoms with Gasteiger partial charge in [0.2, 0.25) is 11.7 Å². The summed E-state index contributed by atoms with van der Waals surface area (Å²) in [6.07, 6.45) is 0. The van der Waals surface area contributed by atoms with Gasteiger partial charge in [0.25, 0.3) is 11.8 Å². The lowest BCUT2D eigenvalue weighted by molar-refractivity contribution is -0.123. The van der Waals surface area contributed by atoms with Crippen molar-refractivity contribution >= 4 is 17.5 Å². The molecule has 3 aromatic rings. The number of anilines is 1. The summed E-state index contributed by atoms with van der Waals surface area (Å²) in [6.45, 7) is 4.14. The minimum atomic E-state index is -0.861. The van der Waals surface area contributed by atoms with Crippen LogP contribution in [0, 0.1) is 13.8 Å². The summed E-state index contributed by atoms with van der Waals surface area (Å²) in [5.74, 6) is 0.000609. The zero-order chi connectivity index (χ0) is 20.8. The summed E-state index contributed by atoms with van der Waals surface area (Å²) in [5.41, 5.74) is 3.67. The van der Waals surface area contributed by atoms with Crippen molar-refractivity contribution in [3.8, 4) is 11.4 Å². The molecule has 0 aliphatic carbocycles. The first-order chi connectivity index (χ1) is 14.5. The lowest BCUT2D eigenvalue weighted by atomic mass is 10.1. The van der Waals surface area contributed by atoms with Crippen LogP contribution >= 0.6 is 0 Å². The van der Waals surface area contributed by atoms with E-state index in [2.05, 4.69) is 20.5 Å². The molecular weight excluding hydrogens is 384 g/mol. The second kappa shape index (κ2) is 6.87. The number of aryl methyl sites for hydroxylation is 2. The normalized spacial score (nSPS) is 20.3. The van der Waals surface area contributed by atoms with Gasteiger partial charge in [0, 0.05) is 5.56 Å². The Morgan fingerprint density at radius 2 is 1.80 bits per heavy atom. The highest BCUT2D eigenvalue weighted by Gasteiger charge is 2.55. The van der Waals surface area contributed by atoms with Crippen LogP contribution in [0.3, 0.4) is 0 Å². The number of carbonyl (C=O) groups is 2. The van der Waals surface area contributed by atoms with Crippen molar-refractivity contribution in [1.29, 1.82) is 0 Å². The fourth-order valence-corrected chi connectivity index (χ4v) is 3.64. The zero-order valence-corrected chi connectivity index (χ0v) is 16.4. The van der Waals surface area contributed by atoms with Crippen LogP contribution in [0.15, 0.2) is 63.4 Å². The number of carbonyl (C=O) groups excluding carboxylic acids is 2. The van der Waals surface area contributed by atoms with Crippen LogP contribution in [0.1, 0.15) is 17.0 Å². The third-order valence-corrected chi connectivity index (χ3v) is 5.40. The van der Waals surface area contributed by atoms with Crippen molar-refractivity contribution in [2.24, 2.45) is 10.3 Å². The number of fused-ring (bicyclic) bond motifs is 1. The molecule has 2 aromatic carbocycles. The average Bonchev–Trinajstić information content (AvgIpc) is 3.43. The summed E-state index contributed by atoms with van der Waals surface area (Å²) >= 11 is 0. The molecule has 30 heavy (non-hydrogen) atoms. The van der Waals surface area contributed by atoms with Crippen LogP contribution in [0.4, 0.5) is 5.69 Å². The Balaban J connectivity index is 1.36. The Morgan fingerprint density at radius 3 is 2.57 bits per heavy atom. The molecule has 2 aliphatic rings. The van der Waals surface area contributed by atoms with Crippen LogP contribution in [0.25, 0.3) is 11.4 Å². The van der Waals surface area contributed by atoms with Gasteiger partial charge in [0.15, 0.2) is 12.1 Å². The Bertz CT molecular complexity index is 1170. The summed E-state index contributed by atoms with van der Waals surface area (Å²) < 4.78 is 5.36. The van der Waals surface area contributed by atoms with E-state index in [1.54, 1.807) is 24.3 Å². The van der Waals surface area contributed by atoms with Gasteiger partial charge in [-0.25, -0.2) is 4.90 Å². The molecule has 3 heterocycles. The predicted octanol–water partition coefficient (Wildman–Crippen LogP) is 2.85. The maximum Gasteiger partial charge on any atom is 0.263 e. The number of imide groups is 1. The van der Waals surface area contributed by atoms with Crippen LogP contribution < -0.4 is 4.90 Å². The highest BCUT2D eigenvalue weighted by molar-refractivity contribution is 6.25. The van der Waals surface area contributed by atoms with Crippen molar-refractivity contribution in [3.05, 3.63) is 65.5 Å². The van der Waals surface area contributed by atoms with Crippen molar-refractivity contribution in [1.82, 2.24) is 15.1 Å². The monoisotopic (exact) mass is 402 g/mol. The van der Waals surface area contributed by atoms with E-state index in [9.17, 15) is 9.59 Å². The highest BCUT2D eigenvalue weighted by atomic mass is 16.5. The fourth-order valence-electron chi connectivity index (χ4n) is 3.64. The van der Waals surface area contributed by atoms with Gasteiger partial charge in [0.05, 0.1) is 5.69 Å². The van der Waals surface area contributed by atoms with Gasteiger partial charge in [0.1, 0.15) is 6.54 Å². The molecule has 0 spiro atoms. The number of nitrogens with zero attached hydrogens (tertiary/aromatic N) is 6. The largest absolute Gasteiger partial charge is 0.337 e. The van der Waals surface area contributed by atoms with E-state index in [0.29, 0.717) is 17.4 Å². The Hall–Kier alpha value is -3.88. The smallest absolute Gasteiger partial charge is 0.263 e. The molecule has 1 aromatic heterocycles. The molecule has 2 unspecified atom stereocenters. The zero-order valence-electron chi connectivity index (χ0n) is 16.4. The Morgan fingerprint density at radius 1 is 1.00 bits per heavy atom. The standard InChI is InChI=1S/C21H18N6O3/c1-12-8-9-14(10-13(12)2)19-22-16(30-24-19)11-26-18-17(23-25-26)20(28)27(21(18)29)15-6-4-3-5-7-15/h3-10,17-18H,11H2,1-2H3. The topological polar surface area (TPSA) is 104 Å². The van der Waals surface area contributed by atoms with Crippen LogP contribution in [0.5, 0.6) is 0 Å². The minimum Gasteiger partial charge on any atom is -0.337 e. The molecule has 9 heteroatoms. The molecule has 2 amide bonds. The third-order valence-electron chi connectivity index (χ3n) is 5.40. The maximum atomic E-state index is 13.0. The number of benzene rings is 2. The van der Waals surface area contributed by atoms with E-state index in [1.165, 1.54) is 10.6 Å². The van der Waals surface area contributed by atoms with Crippen molar-refractivity contribution in [2.45, 2.75) is 32.5 Å². The van der Waals surface area contributed by atoms with E-state index >= 15 is 0 Å². The number of hydrogen-bond donors (Lipinski definition) is 0. The first kappa shape index (κ1) is 18.2. The first-order valence-electron chi connectivity index (χ1n) is 9.53.